The molecule has 0 saturated heterocycles. The van der Waals surface area contributed by atoms with Gasteiger partial charge in [-0.2, -0.15) is 0 Å². The third-order valence-corrected chi connectivity index (χ3v) is 22.6. The molecule has 4 heteroatoms. The molecule has 372 valence electrons. The van der Waals surface area contributed by atoms with Gasteiger partial charge in [-0.05, 0) is 233 Å². The maximum Gasteiger partial charge on any atom is 0.254 e. The monoisotopic (exact) mass is 977 g/mol. The summed E-state index contributed by atoms with van der Waals surface area (Å²) in [6.45, 7) is 35.2. The first-order valence-electron chi connectivity index (χ1n) is 28.3. The molecular weight excluding hydrogens is 900 g/mol. The lowest BCUT2D eigenvalue weighted by Crippen LogP contribution is -2.61. The number of hydrogen-bond donors (Lipinski definition) is 0. The summed E-state index contributed by atoms with van der Waals surface area (Å²) in [7, 11) is 0. The zero-order valence-electron chi connectivity index (χ0n) is 46.6. The van der Waals surface area contributed by atoms with Crippen molar-refractivity contribution in [2.75, 3.05) is 9.80 Å². The zero-order chi connectivity index (χ0) is 50.9. The van der Waals surface area contributed by atoms with Gasteiger partial charge in [0.15, 0.2) is 0 Å². The first-order chi connectivity index (χ1) is 34.3. The van der Waals surface area contributed by atoms with Crippen molar-refractivity contribution in [1.29, 1.82) is 0 Å². The second-order valence-corrected chi connectivity index (χ2v) is 30.2. The van der Waals surface area contributed by atoms with Gasteiger partial charge < -0.3 is 9.80 Å². The predicted octanol–water partition coefficient (Wildman–Crippen LogP) is 17.4. The number of rotatable bonds is 3. The average molecular weight is 977 g/mol. The molecule has 2 nitrogen and oxygen atoms in total. The van der Waals surface area contributed by atoms with Crippen LogP contribution in [0.4, 0.5) is 33.4 Å². The molecule has 3 heterocycles. The van der Waals surface area contributed by atoms with Crippen molar-refractivity contribution in [2.24, 2.45) is 0 Å². The van der Waals surface area contributed by atoms with Crippen molar-refractivity contribution in [2.45, 2.75) is 198 Å². The molecular formula is C69H77BN2S. The van der Waals surface area contributed by atoms with Crippen LogP contribution in [0, 0.1) is 0 Å². The van der Waals surface area contributed by atoms with E-state index in [1.165, 1.54) is 157 Å². The average Bonchev–Trinajstić information content (AvgIpc) is 3.96. The highest BCUT2D eigenvalue weighted by Gasteiger charge is 2.55. The van der Waals surface area contributed by atoms with E-state index in [9.17, 15) is 0 Å². The second-order valence-electron chi connectivity index (χ2n) is 29.1. The molecule has 2 bridgehead atoms. The lowest BCUT2D eigenvalue weighted by atomic mass is 9.33. The minimum Gasteiger partial charge on any atom is -0.311 e. The highest BCUT2D eigenvalue weighted by molar-refractivity contribution is 7.26. The fourth-order valence-corrected chi connectivity index (χ4v) is 17.7. The summed E-state index contributed by atoms with van der Waals surface area (Å²) in [5.74, 6) is 0. The zero-order valence-corrected chi connectivity index (χ0v) is 47.4. The molecule has 73 heavy (non-hydrogen) atoms. The Kier molecular flexibility index (Phi) is 9.20. The van der Waals surface area contributed by atoms with Gasteiger partial charge in [-0.25, -0.2) is 0 Å². The molecule has 1 fully saturated rings. The van der Waals surface area contributed by atoms with Crippen molar-refractivity contribution in [3.05, 3.63) is 148 Å². The molecule has 5 aliphatic carbocycles. The van der Waals surface area contributed by atoms with Crippen LogP contribution in [0.1, 0.15) is 199 Å². The number of fused-ring (bicyclic) bond motifs is 14. The number of nitrogens with zero attached hydrogens (tertiary/aromatic N) is 2. The van der Waals surface area contributed by atoms with E-state index < -0.39 is 0 Å². The van der Waals surface area contributed by atoms with Gasteiger partial charge in [0.25, 0.3) is 6.71 Å². The van der Waals surface area contributed by atoms with Crippen LogP contribution in [-0.2, 0) is 43.3 Å². The quantitative estimate of drug-likeness (QED) is 0.163. The Morgan fingerprint density at radius 3 is 1.40 bits per heavy atom. The summed E-state index contributed by atoms with van der Waals surface area (Å²) in [6, 6.07) is 42.7. The molecule has 0 spiro atoms. The summed E-state index contributed by atoms with van der Waals surface area (Å²) in [4.78, 5) is 5.54. The maximum absolute atomic E-state index is 2.77. The van der Waals surface area contributed by atoms with E-state index in [1.807, 2.05) is 0 Å². The Morgan fingerprint density at radius 1 is 0.384 bits per heavy atom. The Morgan fingerprint density at radius 2 is 0.849 bits per heavy atom. The van der Waals surface area contributed by atoms with E-state index in [1.54, 1.807) is 16.7 Å². The Labute approximate surface area is 442 Å². The topological polar surface area (TPSA) is 6.48 Å². The summed E-state index contributed by atoms with van der Waals surface area (Å²) >= 11 is 2.07. The Bertz CT molecular complexity index is 3560. The van der Waals surface area contributed by atoms with Gasteiger partial charge >= 0.3 is 0 Å². The van der Waals surface area contributed by atoms with Gasteiger partial charge in [-0.3, -0.25) is 0 Å². The second kappa shape index (κ2) is 14.4. The van der Waals surface area contributed by atoms with Crippen molar-refractivity contribution in [3.63, 3.8) is 0 Å². The number of benzene rings is 6. The van der Waals surface area contributed by atoms with Crippen LogP contribution in [0.5, 0.6) is 0 Å². The van der Waals surface area contributed by atoms with Gasteiger partial charge in [-0.1, -0.05) is 145 Å². The Hall–Kier alpha value is -5.06. The minimum absolute atomic E-state index is 0.0493. The summed E-state index contributed by atoms with van der Waals surface area (Å²) in [6.07, 6.45) is 11.0. The molecule has 2 unspecified atom stereocenters. The van der Waals surface area contributed by atoms with Crippen molar-refractivity contribution >= 4 is 78.0 Å². The molecule has 0 N–H and O–H groups in total. The van der Waals surface area contributed by atoms with Gasteiger partial charge in [-0.15, -0.1) is 11.3 Å². The summed E-state index contributed by atoms with van der Waals surface area (Å²) in [5.41, 5.74) is 26.9. The third kappa shape index (κ3) is 6.35. The van der Waals surface area contributed by atoms with Crippen LogP contribution in [0.15, 0.2) is 103 Å². The largest absolute Gasteiger partial charge is 0.311 e. The van der Waals surface area contributed by atoms with Gasteiger partial charge in [0.05, 0.1) is 5.00 Å². The molecule has 7 aromatic rings. The molecule has 1 aromatic heterocycles. The SMILES string of the molecule is CC1(C)CCC(C)(C)c2cc(N3c4cc5c(cc4B4c6c3cc(-c3ccccc3)cc6N(c3ccc6c(c3)C(C)(C)CCC6(C)C)c3sc6cc7c(cc6c34)C3(C)CCC7(C)C3)C(C)(C)CCC5(C)C)ccc21. The Balaban J connectivity index is 1.14. The molecule has 0 radical (unpaired) electrons. The van der Waals surface area contributed by atoms with E-state index in [2.05, 4.69) is 221 Å². The number of hydrogen-bond acceptors (Lipinski definition) is 3. The van der Waals surface area contributed by atoms with Crippen LogP contribution >= 0.6 is 11.3 Å². The first kappa shape index (κ1) is 46.5. The fourth-order valence-electron chi connectivity index (χ4n) is 16.4. The lowest BCUT2D eigenvalue weighted by molar-refractivity contribution is 0.332. The van der Waals surface area contributed by atoms with Crippen LogP contribution < -0.4 is 26.2 Å². The molecule has 2 aliphatic heterocycles. The highest BCUT2D eigenvalue weighted by atomic mass is 32.1. The van der Waals surface area contributed by atoms with Crippen LogP contribution in [-0.4, -0.2) is 6.71 Å². The number of anilines is 6. The summed E-state index contributed by atoms with van der Waals surface area (Å²) < 4.78 is 1.45. The lowest BCUT2D eigenvalue weighted by Gasteiger charge is -2.48. The van der Waals surface area contributed by atoms with Gasteiger partial charge in [0.1, 0.15) is 0 Å². The third-order valence-electron chi connectivity index (χ3n) is 21.4. The summed E-state index contributed by atoms with van der Waals surface area (Å²) in [5, 5.41) is 2.88. The van der Waals surface area contributed by atoms with E-state index in [4.69, 9.17) is 0 Å². The smallest absolute Gasteiger partial charge is 0.254 e. The van der Waals surface area contributed by atoms with Crippen molar-refractivity contribution < 1.29 is 0 Å². The van der Waals surface area contributed by atoms with Crippen molar-refractivity contribution in [1.82, 2.24) is 0 Å². The molecule has 0 amide bonds. The van der Waals surface area contributed by atoms with E-state index in [-0.39, 0.29) is 50.0 Å². The standard InChI is InChI=1S/C69H77BN2S/c1-62(2)24-26-64(5,6)48-34-43(20-22-46(48)62)71-55-38-51-50(66(9,10)28-29-67(51,11)12)37-54(55)70-59-45-36-52-53(69(14)31-30-68(52,13)40-69)39-58(45)73-61(59)72(44-21-23-47-49(35-44)65(7,8)27-25-63(47,3)4)57-33-42(32-56(71)60(57)70)41-18-16-15-17-19-41/h15-23,32-39H,24-31,40H2,1-14H3. The van der Waals surface area contributed by atoms with Gasteiger partial charge in [0.2, 0.25) is 0 Å². The van der Waals surface area contributed by atoms with Crippen LogP contribution in [0.2, 0.25) is 0 Å². The maximum atomic E-state index is 2.77. The van der Waals surface area contributed by atoms with Crippen LogP contribution in [0.3, 0.4) is 0 Å². The first-order valence-corrected chi connectivity index (χ1v) is 29.1. The molecule has 6 aromatic carbocycles. The molecule has 14 rings (SSSR count). The molecule has 7 aliphatic rings. The normalized spacial score (nSPS) is 25.3. The predicted molar refractivity (Wildman–Crippen MR) is 316 cm³/mol. The minimum atomic E-state index is 0.0493. The van der Waals surface area contributed by atoms with E-state index in [0.717, 1.165) is 0 Å². The van der Waals surface area contributed by atoms with Crippen molar-refractivity contribution in [3.8, 4) is 11.1 Å². The number of thiophene rings is 1. The highest BCUT2D eigenvalue weighted by Crippen LogP contribution is 2.62. The van der Waals surface area contributed by atoms with Crippen LogP contribution in [0.25, 0.3) is 21.2 Å². The molecule has 2 atom stereocenters. The fraction of sp³-hybridized carbons (Fsp3) is 0.449. The van der Waals surface area contributed by atoms with E-state index >= 15 is 0 Å². The van der Waals surface area contributed by atoms with Gasteiger partial charge in [0, 0.05) is 33.1 Å². The van der Waals surface area contributed by atoms with E-state index in [0.29, 0.717) is 0 Å². The molecule has 1 saturated carbocycles.